The van der Waals surface area contributed by atoms with Gasteiger partial charge in [0.2, 0.25) is 0 Å². The van der Waals surface area contributed by atoms with Gasteiger partial charge in [-0.2, -0.15) is 0 Å². The van der Waals surface area contributed by atoms with Crippen LogP contribution in [0.2, 0.25) is 0 Å². The number of benzene rings is 1. The molecule has 0 aliphatic carbocycles. The molecule has 1 N–H and O–H groups in total. The summed E-state index contributed by atoms with van der Waals surface area (Å²) in [4.78, 5) is 17.9. The third kappa shape index (κ3) is 2.96. The molecule has 1 fully saturated rings. The van der Waals surface area contributed by atoms with Gasteiger partial charge in [0.15, 0.2) is 12.2 Å². The third-order valence-corrected chi connectivity index (χ3v) is 3.82. The fourth-order valence-electron chi connectivity index (χ4n) is 2.73. The van der Waals surface area contributed by atoms with Crippen LogP contribution in [-0.2, 0) is 18.0 Å². The first kappa shape index (κ1) is 14.6. The van der Waals surface area contributed by atoms with Gasteiger partial charge in [0.1, 0.15) is 12.3 Å². The van der Waals surface area contributed by atoms with Gasteiger partial charge >= 0.3 is 6.09 Å². The van der Waals surface area contributed by atoms with Crippen LogP contribution in [0, 0.1) is 0 Å². The van der Waals surface area contributed by atoms with E-state index in [1.54, 1.807) is 4.90 Å². The van der Waals surface area contributed by atoms with Crippen LogP contribution < -0.4 is 0 Å². The van der Waals surface area contributed by atoms with Crippen molar-refractivity contribution in [1.82, 2.24) is 9.88 Å². The maximum absolute atomic E-state index is 12.3. The predicted octanol–water partition coefficient (Wildman–Crippen LogP) is 2.64. The lowest BCUT2D eigenvalue weighted by Gasteiger charge is -2.22. The van der Waals surface area contributed by atoms with Crippen LogP contribution in [0.25, 0.3) is 0 Å². The summed E-state index contributed by atoms with van der Waals surface area (Å²) in [6.45, 7) is 0.658. The van der Waals surface area contributed by atoms with Crippen LogP contribution in [0.3, 0.4) is 0 Å². The van der Waals surface area contributed by atoms with E-state index in [1.807, 2.05) is 30.3 Å². The molecule has 1 amide bonds. The topological polar surface area (TPSA) is 75.8 Å². The van der Waals surface area contributed by atoms with E-state index in [1.165, 1.54) is 6.39 Å². The Morgan fingerprint density at radius 3 is 3.00 bits per heavy atom. The average molecular weight is 302 g/mol. The Labute approximate surface area is 128 Å². The summed E-state index contributed by atoms with van der Waals surface area (Å²) >= 11 is 0. The van der Waals surface area contributed by atoms with Crippen molar-refractivity contribution in [2.24, 2.45) is 0 Å². The summed E-state index contributed by atoms with van der Waals surface area (Å²) in [5, 5.41) is 9.29. The molecule has 1 aliphatic heterocycles. The number of nitrogens with zero attached hydrogens (tertiary/aromatic N) is 2. The van der Waals surface area contributed by atoms with Crippen LogP contribution in [0.4, 0.5) is 4.79 Å². The van der Waals surface area contributed by atoms with Crippen LogP contribution in [0.1, 0.15) is 35.9 Å². The lowest BCUT2D eigenvalue weighted by molar-refractivity contribution is 0.0881. The van der Waals surface area contributed by atoms with E-state index in [0.29, 0.717) is 18.0 Å². The summed E-state index contributed by atoms with van der Waals surface area (Å²) in [7, 11) is 0. The van der Waals surface area contributed by atoms with Crippen molar-refractivity contribution in [3.8, 4) is 0 Å². The third-order valence-electron chi connectivity index (χ3n) is 3.82. The number of rotatable bonds is 4. The second-order valence-electron chi connectivity index (χ2n) is 5.21. The van der Waals surface area contributed by atoms with Crippen molar-refractivity contribution in [2.45, 2.75) is 32.1 Å². The Bertz CT molecular complexity index is 626. The van der Waals surface area contributed by atoms with E-state index in [0.717, 1.165) is 18.4 Å². The van der Waals surface area contributed by atoms with Crippen LogP contribution >= 0.6 is 0 Å². The van der Waals surface area contributed by atoms with Crippen LogP contribution in [-0.4, -0.2) is 27.6 Å². The lowest BCUT2D eigenvalue weighted by Crippen LogP contribution is -2.31. The zero-order chi connectivity index (χ0) is 15.4. The molecule has 6 nitrogen and oxygen atoms in total. The molecular weight excluding hydrogens is 284 g/mol. The molecule has 3 rings (SSSR count). The summed E-state index contributed by atoms with van der Waals surface area (Å²) in [6, 6.07) is 9.34. The molecule has 1 unspecified atom stereocenters. The molecule has 6 heteroatoms. The molecule has 1 aromatic heterocycles. The molecule has 0 radical (unpaired) electrons. The van der Waals surface area contributed by atoms with Gasteiger partial charge < -0.3 is 14.3 Å². The fraction of sp³-hybridized carbons (Fsp3) is 0.375. The van der Waals surface area contributed by atoms with Crippen molar-refractivity contribution in [3.05, 3.63) is 53.7 Å². The van der Waals surface area contributed by atoms with Crippen molar-refractivity contribution in [2.75, 3.05) is 6.54 Å². The number of hydrogen-bond donors (Lipinski definition) is 1. The lowest BCUT2D eigenvalue weighted by atomic mass is 10.1. The molecule has 2 heterocycles. The first-order chi connectivity index (χ1) is 10.8. The quantitative estimate of drug-likeness (QED) is 0.939. The van der Waals surface area contributed by atoms with Crippen LogP contribution in [0.15, 0.2) is 41.1 Å². The van der Waals surface area contributed by atoms with Crippen molar-refractivity contribution in [1.29, 1.82) is 0 Å². The van der Waals surface area contributed by atoms with Crippen molar-refractivity contribution < 1.29 is 19.1 Å². The molecule has 1 aliphatic rings. The molecule has 2 aromatic rings. The number of likely N-dealkylation sites (tertiary alicyclic amines) is 1. The average Bonchev–Trinajstić information content (AvgIpc) is 3.21. The van der Waals surface area contributed by atoms with Gasteiger partial charge in [0.25, 0.3) is 0 Å². The van der Waals surface area contributed by atoms with E-state index in [-0.39, 0.29) is 25.3 Å². The molecule has 1 aromatic carbocycles. The van der Waals surface area contributed by atoms with Gasteiger partial charge in [-0.25, -0.2) is 9.78 Å². The smallest absolute Gasteiger partial charge is 0.410 e. The van der Waals surface area contributed by atoms with E-state index >= 15 is 0 Å². The molecule has 0 bridgehead atoms. The minimum absolute atomic E-state index is 0.199. The molecule has 1 saturated heterocycles. The summed E-state index contributed by atoms with van der Waals surface area (Å²) < 4.78 is 10.7. The minimum Gasteiger partial charge on any atom is -0.446 e. The van der Waals surface area contributed by atoms with Gasteiger partial charge in [0.05, 0.1) is 12.6 Å². The SMILES string of the molecule is O=C(OCc1ccccc1)N1CCCC1c1ocnc1CO. The number of oxazole rings is 1. The normalized spacial score (nSPS) is 17.7. The molecule has 116 valence electrons. The van der Waals surface area contributed by atoms with Gasteiger partial charge in [0, 0.05) is 6.54 Å². The predicted molar refractivity (Wildman–Crippen MR) is 77.7 cm³/mol. The summed E-state index contributed by atoms with van der Waals surface area (Å²) in [6.07, 6.45) is 2.58. The van der Waals surface area contributed by atoms with E-state index in [9.17, 15) is 9.90 Å². The maximum atomic E-state index is 12.3. The largest absolute Gasteiger partial charge is 0.446 e. The first-order valence-corrected chi connectivity index (χ1v) is 7.30. The second-order valence-corrected chi connectivity index (χ2v) is 5.21. The van der Waals surface area contributed by atoms with Gasteiger partial charge in [-0.15, -0.1) is 0 Å². The number of aliphatic hydroxyl groups is 1. The van der Waals surface area contributed by atoms with E-state index in [4.69, 9.17) is 9.15 Å². The highest BCUT2D eigenvalue weighted by molar-refractivity contribution is 5.68. The number of ether oxygens (including phenoxy) is 1. The Kier molecular flexibility index (Phi) is 4.39. The van der Waals surface area contributed by atoms with E-state index in [2.05, 4.69) is 4.98 Å². The van der Waals surface area contributed by atoms with E-state index < -0.39 is 0 Å². The molecule has 0 saturated carbocycles. The summed E-state index contributed by atoms with van der Waals surface area (Å²) in [5.74, 6) is 0.552. The van der Waals surface area contributed by atoms with Gasteiger partial charge in [-0.1, -0.05) is 30.3 Å². The van der Waals surface area contributed by atoms with Crippen LogP contribution in [0.5, 0.6) is 0 Å². The van der Waals surface area contributed by atoms with Gasteiger partial charge in [-0.05, 0) is 18.4 Å². The Hall–Kier alpha value is -2.34. The van der Waals surface area contributed by atoms with Crippen molar-refractivity contribution >= 4 is 6.09 Å². The number of carbonyl (C=O) groups is 1. The molecule has 1 atom stereocenters. The number of carbonyl (C=O) groups excluding carboxylic acids is 1. The highest BCUT2D eigenvalue weighted by Gasteiger charge is 2.35. The monoisotopic (exact) mass is 302 g/mol. The fourth-order valence-corrected chi connectivity index (χ4v) is 2.73. The number of hydrogen-bond acceptors (Lipinski definition) is 5. The second kappa shape index (κ2) is 6.62. The molecule has 0 spiro atoms. The first-order valence-electron chi connectivity index (χ1n) is 7.30. The minimum atomic E-state index is -0.369. The highest BCUT2D eigenvalue weighted by atomic mass is 16.6. The zero-order valence-electron chi connectivity index (χ0n) is 12.1. The standard InChI is InChI=1S/C16H18N2O4/c19-9-13-15(22-11-17-13)14-7-4-8-18(14)16(20)21-10-12-5-2-1-3-6-12/h1-3,5-6,11,14,19H,4,7-10H2. The number of amides is 1. The van der Waals surface area contributed by atoms with Crippen molar-refractivity contribution in [3.63, 3.8) is 0 Å². The summed E-state index contributed by atoms with van der Waals surface area (Å²) in [5.41, 5.74) is 1.43. The number of aromatic nitrogens is 1. The molecular formula is C16H18N2O4. The van der Waals surface area contributed by atoms with Gasteiger partial charge in [-0.3, -0.25) is 4.90 Å². The maximum Gasteiger partial charge on any atom is 0.410 e. The zero-order valence-corrected chi connectivity index (χ0v) is 12.1. The Morgan fingerprint density at radius 2 is 2.23 bits per heavy atom. The Balaban J connectivity index is 1.66. The highest BCUT2D eigenvalue weighted by Crippen LogP contribution is 2.34. The Morgan fingerprint density at radius 1 is 1.41 bits per heavy atom. The molecule has 22 heavy (non-hydrogen) atoms. The number of aliphatic hydroxyl groups excluding tert-OH is 1.